The summed E-state index contributed by atoms with van der Waals surface area (Å²) in [6.07, 6.45) is 0. The van der Waals surface area contributed by atoms with Crippen molar-refractivity contribution in [3.05, 3.63) is 69.3 Å². The lowest BCUT2D eigenvalue weighted by atomic mass is 10.1. The Morgan fingerprint density at radius 3 is 2.42 bits per heavy atom. The number of aromatic nitrogens is 2. The van der Waals surface area contributed by atoms with E-state index < -0.39 is 5.97 Å². The molecule has 3 aromatic rings. The van der Waals surface area contributed by atoms with Crippen LogP contribution in [0.25, 0.3) is 16.9 Å². The highest BCUT2D eigenvalue weighted by Crippen LogP contribution is 2.38. The summed E-state index contributed by atoms with van der Waals surface area (Å²) in [6, 6.07) is 14.3. The number of para-hydroxylation sites is 1. The number of carbonyl (C=O) groups excluding carboxylic acids is 1. The minimum atomic E-state index is -0.624. The second-order valence-electron chi connectivity index (χ2n) is 4.87. The summed E-state index contributed by atoms with van der Waals surface area (Å²) in [5.41, 5.74) is 1.85. The van der Waals surface area contributed by atoms with Gasteiger partial charge < -0.3 is 4.74 Å². The maximum absolute atomic E-state index is 12.0. The van der Waals surface area contributed by atoms with E-state index in [1.165, 1.54) is 7.11 Å². The molecule has 0 unspecified atom stereocenters. The lowest BCUT2D eigenvalue weighted by Crippen LogP contribution is -2.04. The molecule has 0 aliphatic heterocycles. The van der Waals surface area contributed by atoms with Gasteiger partial charge in [-0.25, -0.2) is 9.48 Å². The molecule has 0 fully saturated rings. The largest absolute Gasteiger partial charge is 0.464 e. The summed E-state index contributed by atoms with van der Waals surface area (Å²) in [5, 5.41) is 5.37. The number of methoxy groups -OCH3 is 1. The Morgan fingerprint density at radius 2 is 1.79 bits per heavy atom. The van der Waals surface area contributed by atoms with Gasteiger partial charge in [0, 0.05) is 10.6 Å². The van der Waals surface area contributed by atoms with Gasteiger partial charge in [-0.05, 0) is 30.3 Å². The van der Waals surface area contributed by atoms with Gasteiger partial charge in [0.1, 0.15) is 5.02 Å². The number of rotatable bonds is 3. The van der Waals surface area contributed by atoms with Gasteiger partial charge in [0.15, 0.2) is 5.69 Å². The zero-order valence-corrected chi connectivity index (χ0v) is 14.7. The number of hydrogen-bond donors (Lipinski definition) is 0. The average molecular weight is 382 g/mol. The quantitative estimate of drug-likeness (QED) is 0.579. The molecule has 0 aliphatic carbocycles. The summed E-state index contributed by atoms with van der Waals surface area (Å²) >= 11 is 18.7. The topological polar surface area (TPSA) is 44.1 Å². The molecule has 1 aromatic heterocycles. The molecule has 2 aromatic carbocycles. The smallest absolute Gasteiger partial charge is 0.360 e. The first kappa shape index (κ1) is 16.8. The summed E-state index contributed by atoms with van der Waals surface area (Å²) < 4.78 is 6.31. The van der Waals surface area contributed by atoms with E-state index in [1.807, 2.05) is 30.3 Å². The molecule has 0 atom stereocenters. The monoisotopic (exact) mass is 380 g/mol. The molecule has 0 saturated heterocycles. The maximum Gasteiger partial charge on any atom is 0.360 e. The Morgan fingerprint density at radius 1 is 1.08 bits per heavy atom. The number of esters is 1. The zero-order valence-electron chi connectivity index (χ0n) is 12.5. The van der Waals surface area contributed by atoms with Gasteiger partial charge in [0.2, 0.25) is 0 Å². The van der Waals surface area contributed by atoms with Crippen LogP contribution in [0.4, 0.5) is 0 Å². The first-order valence-corrected chi connectivity index (χ1v) is 8.04. The first-order valence-electron chi connectivity index (χ1n) is 6.90. The molecule has 7 heteroatoms. The Balaban J connectivity index is 2.30. The van der Waals surface area contributed by atoms with E-state index in [9.17, 15) is 4.79 Å². The average Bonchev–Trinajstić information content (AvgIpc) is 2.92. The highest BCUT2D eigenvalue weighted by Gasteiger charge is 2.25. The summed E-state index contributed by atoms with van der Waals surface area (Å²) in [4.78, 5) is 12.0. The van der Waals surface area contributed by atoms with Crippen LogP contribution in [-0.4, -0.2) is 22.9 Å². The highest BCUT2D eigenvalue weighted by atomic mass is 35.5. The van der Waals surface area contributed by atoms with E-state index >= 15 is 0 Å². The number of halogens is 3. The third-order valence-electron chi connectivity index (χ3n) is 3.39. The van der Waals surface area contributed by atoms with Gasteiger partial charge in [-0.15, -0.1) is 0 Å². The molecule has 24 heavy (non-hydrogen) atoms. The Hall–Kier alpha value is -2.01. The molecule has 3 rings (SSSR count). The van der Waals surface area contributed by atoms with Crippen molar-refractivity contribution >= 4 is 40.8 Å². The second-order valence-corrected chi connectivity index (χ2v) is 6.10. The minimum Gasteiger partial charge on any atom is -0.464 e. The van der Waals surface area contributed by atoms with Crippen molar-refractivity contribution in [2.45, 2.75) is 0 Å². The van der Waals surface area contributed by atoms with Gasteiger partial charge in [-0.3, -0.25) is 0 Å². The Bertz CT molecular complexity index is 908. The van der Waals surface area contributed by atoms with Crippen molar-refractivity contribution in [3.8, 4) is 16.9 Å². The predicted molar refractivity (Wildman–Crippen MR) is 95.4 cm³/mol. The van der Waals surface area contributed by atoms with Crippen LogP contribution in [0.5, 0.6) is 0 Å². The third kappa shape index (κ3) is 3.00. The van der Waals surface area contributed by atoms with E-state index in [-0.39, 0.29) is 10.7 Å². The minimum absolute atomic E-state index is 0.0176. The molecular weight excluding hydrogens is 371 g/mol. The van der Waals surface area contributed by atoms with Crippen LogP contribution in [0.2, 0.25) is 15.1 Å². The summed E-state index contributed by atoms with van der Waals surface area (Å²) in [7, 11) is 1.27. The van der Waals surface area contributed by atoms with E-state index in [1.54, 1.807) is 22.9 Å². The van der Waals surface area contributed by atoms with Crippen LogP contribution >= 0.6 is 34.8 Å². The van der Waals surface area contributed by atoms with Gasteiger partial charge in [0.05, 0.1) is 23.5 Å². The highest BCUT2D eigenvalue weighted by molar-refractivity contribution is 6.39. The number of benzene rings is 2. The van der Waals surface area contributed by atoms with E-state index in [4.69, 9.17) is 39.5 Å². The summed E-state index contributed by atoms with van der Waals surface area (Å²) in [6.45, 7) is 0. The zero-order chi connectivity index (χ0) is 17.3. The molecule has 0 radical (unpaired) electrons. The molecule has 0 amide bonds. The van der Waals surface area contributed by atoms with Crippen LogP contribution in [0.1, 0.15) is 10.5 Å². The Kier molecular flexibility index (Phi) is 4.81. The van der Waals surface area contributed by atoms with Crippen LogP contribution in [0.3, 0.4) is 0 Å². The maximum atomic E-state index is 12.0. The molecule has 0 saturated carbocycles. The van der Waals surface area contributed by atoms with Crippen LogP contribution in [-0.2, 0) is 4.74 Å². The molecule has 1 heterocycles. The normalized spacial score (nSPS) is 10.7. The van der Waals surface area contributed by atoms with Crippen molar-refractivity contribution in [1.82, 2.24) is 9.78 Å². The fraction of sp³-hybridized carbons (Fsp3) is 0.0588. The SMILES string of the molecule is COC(=O)c1nn(-c2ccccc2)c(-c2ccc(Cl)cc2Cl)c1Cl. The van der Waals surface area contributed by atoms with Crippen LogP contribution in [0, 0.1) is 0 Å². The fourth-order valence-electron chi connectivity index (χ4n) is 2.30. The van der Waals surface area contributed by atoms with Gasteiger partial charge in [-0.1, -0.05) is 53.0 Å². The molecule has 0 aliphatic rings. The van der Waals surface area contributed by atoms with E-state index in [0.29, 0.717) is 21.3 Å². The van der Waals surface area contributed by atoms with Crippen molar-refractivity contribution in [3.63, 3.8) is 0 Å². The van der Waals surface area contributed by atoms with Crippen molar-refractivity contribution in [1.29, 1.82) is 0 Å². The first-order chi connectivity index (χ1) is 11.5. The molecule has 4 nitrogen and oxygen atoms in total. The summed E-state index contributed by atoms with van der Waals surface area (Å²) in [5.74, 6) is -0.624. The lowest BCUT2D eigenvalue weighted by molar-refractivity contribution is 0.0593. The van der Waals surface area contributed by atoms with Crippen molar-refractivity contribution < 1.29 is 9.53 Å². The van der Waals surface area contributed by atoms with Crippen molar-refractivity contribution in [2.24, 2.45) is 0 Å². The Labute approximate surface area is 153 Å². The molecule has 0 bridgehead atoms. The standard InChI is InChI=1S/C17H11Cl3N2O2/c1-24-17(23)15-14(20)16(12-8-7-10(18)9-13(12)19)22(21-15)11-5-3-2-4-6-11/h2-9H,1H3. The number of hydrogen-bond acceptors (Lipinski definition) is 3. The second kappa shape index (κ2) is 6.85. The third-order valence-corrected chi connectivity index (χ3v) is 4.30. The van der Waals surface area contributed by atoms with Gasteiger partial charge in [0.25, 0.3) is 0 Å². The molecule has 122 valence electrons. The van der Waals surface area contributed by atoms with Crippen molar-refractivity contribution in [2.75, 3.05) is 7.11 Å². The molecular formula is C17H11Cl3N2O2. The molecule has 0 spiro atoms. The fourth-order valence-corrected chi connectivity index (χ4v) is 3.09. The van der Waals surface area contributed by atoms with E-state index in [0.717, 1.165) is 5.69 Å². The van der Waals surface area contributed by atoms with Crippen LogP contribution in [0.15, 0.2) is 48.5 Å². The van der Waals surface area contributed by atoms with E-state index in [2.05, 4.69) is 5.10 Å². The van der Waals surface area contributed by atoms with Gasteiger partial charge in [-0.2, -0.15) is 5.10 Å². The molecule has 0 N–H and O–H groups in total. The number of nitrogens with zero attached hydrogens (tertiary/aromatic N) is 2. The van der Waals surface area contributed by atoms with Crippen LogP contribution < -0.4 is 0 Å². The van der Waals surface area contributed by atoms with Gasteiger partial charge >= 0.3 is 5.97 Å². The lowest BCUT2D eigenvalue weighted by Gasteiger charge is -2.09. The number of carbonyl (C=O) groups is 1. The predicted octanol–water partition coefficient (Wildman–Crippen LogP) is 5.29. The number of ether oxygens (including phenoxy) is 1.